The van der Waals surface area contributed by atoms with Gasteiger partial charge in [0.25, 0.3) is 0 Å². The van der Waals surface area contributed by atoms with E-state index in [4.69, 9.17) is 9.47 Å². The van der Waals surface area contributed by atoms with Crippen LogP contribution in [0, 0.1) is 0 Å². The smallest absolute Gasteiger partial charge is 0.234 e. The van der Waals surface area contributed by atoms with Crippen molar-refractivity contribution in [2.24, 2.45) is 0 Å². The highest BCUT2D eigenvalue weighted by Gasteiger charge is 2.37. The van der Waals surface area contributed by atoms with Crippen LogP contribution in [0.15, 0.2) is 42.5 Å². The lowest BCUT2D eigenvalue weighted by Crippen LogP contribution is -2.47. The van der Waals surface area contributed by atoms with Gasteiger partial charge in [0, 0.05) is 6.04 Å². The molecule has 3 N–H and O–H groups in total. The van der Waals surface area contributed by atoms with E-state index < -0.39 is 0 Å². The lowest BCUT2D eigenvalue weighted by atomic mass is 9.87. The van der Waals surface area contributed by atoms with Crippen LogP contribution in [0.5, 0.6) is 17.2 Å². The standard InChI is InChI=1S/C23H28N2O4/c1-16(17-5-4-6-19(26)13-17)24-15-22(27)25-23(9-2-3-10-23)18-7-8-20-21(14-18)29-12-11-28-20/h4-8,13-14,16,24,26H,2-3,9-12,15H2,1H3,(H,25,27). The van der Waals surface area contributed by atoms with Gasteiger partial charge in [0.05, 0.1) is 12.1 Å². The van der Waals surface area contributed by atoms with E-state index in [-0.39, 0.29) is 29.8 Å². The number of carbonyl (C=O) groups excluding carboxylic acids is 1. The Hall–Kier alpha value is -2.73. The fraction of sp³-hybridized carbons (Fsp3) is 0.435. The molecule has 1 unspecified atom stereocenters. The molecule has 6 nitrogen and oxygen atoms in total. The van der Waals surface area contributed by atoms with E-state index in [1.165, 1.54) is 0 Å². The van der Waals surface area contributed by atoms with Crippen LogP contribution in [0.2, 0.25) is 0 Å². The zero-order chi connectivity index (χ0) is 20.3. The molecule has 1 aliphatic heterocycles. The van der Waals surface area contributed by atoms with Crippen molar-refractivity contribution in [3.63, 3.8) is 0 Å². The second kappa shape index (κ2) is 8.33. The summed E-state index contributed by atoms with van der Waals surface area (Å²) in [4.78, 5) is 12.8. The van der Waals surface area contributed by atoms with E-state index in [2.05, 4.69) is 10.6 Å². The lowest BCUT2D eigenvalue weighted by molar-refractivity contribution is -0.122. The number of benzene rings is 2. The minimum Gasteiger partial charge on any atom is -0.508 e. The van der Waals surface area contributed by atoms with Crippen LogP contribution in [0.1, 0.15) is 49.8 Å². The Morgan fingerprint density at radius 1 is 1.10 bits per heavy atom. The number of phenols is 1. The van der Waals surface area contributed by atoms with Crippen LogP contribution < -0.4 is 20.1 Å². The number of phenolic OH excluding ortho intramolecular Hbond substituents is 1. The molecule has 29 heavy (non-hydrogen) atoms. The molecule has 0 bridgehead atoms. The number of nitrogens with one attached hydrogen (secondary N) is 2. The summed E-state index contributed by atoms with van der Waals surface area (Å²) in [6, 6.07) is 13.1. The van der Waals surface area contributed by atoms with Gasteiger partial charge < -0.3 is 25.2 Å². The third-order valence-electron chi connectivity index (χ3n) is 5.87. The molecule has 0 radical (unpaired) electrons. The molecule has 2 aromatic carbocycles. The topological polar surface area (TPSA) is 79.8 Å². The van der Waals surface area contributed by atoms with Crippen molar-refractivity contribution in [3.05, 3.63) is 53.6 Å². The summed E-state index contributed by atoms with van der Waals surface area (Å²) in [7, 11) is 0. The molecular formula is C23H28N2O4. The number of hydrogen-bond acceptors (Lipinski definition) is 5. The van der Waals surface area contributed by atoms with Crippen molar-refractivity contribution in [2.45, 2.75) is 44.2 Å². The minimum atomic E-state index is -0.358. The Bertz CT molecular complexity index is 877. The van der Waals surface area contributed by atoms with Gasteiger partial charge in [-0.2, -0.15) is 0 Å². The number of rotatable bonds is 6. The molecule has 2 aromatic rings. The molecule has 1 heterocycles. The molecular weight excluding hydrogens is 368 g/mol. The molecule has 1 aliphatic carbocycles. The van der Waals surface area contributed by atoms with Crippen molar-refractivity contribution in [2.75, 3.05) is 19.8 Å². The maximum absolute atomic E-state index is 12.8. The zero-order valence-corrected chi connectivity index (χ0v) is 16.7. The number of ether oxygens (including phenoxy) is 2. The van der Waals surface area contributed by atoms with Gasteiger partial charge in [0.2, 0.25) is 5.91 Å². The van der Waals surface area contributed by atoms with Crippen molar-refractivity contribution in [1.29, 1.82) is 0 Å². The van der Waals surface area contributed by atoms with Crippen LogP contribution in [0.25, 0.3) is 0 Å². The Morgan fingerprint density at radius 3 is 2.62 bits per heavy atom. The van der Waals surface area contributed by atoms with Crippen LogP contribution >= 0.6 is 0 Å². The largest absolute Gasteiger partial charge is 0.508 e. The molecule has 1 amide bonds. The number of hydrogen-bond donors (Lipinski definition) is 3. The van der Waals surface area contributed by atoms with Gasteiger partial charge in [0.1, 0.15) is 19.0 Å². The van der Waals surface area contributed by atoms with Gasteiger partial charge in [-0.3, -0.25) is 4.79 Å². The summed E-state index contributed by atoms with van der Waals surface area (Å²) in [5, 5.41) is 16.2. The summed E-state index contributed by atoms with van der Waals surface area (Å²) in [6.07, 6.45) is 4.00. The molecule has 4 rings (SSSR count). The molecule has 1 fully saturated rings. The molecule has 0 spiro atoms. The van der Waals surface area contributed by atoms with E-state index in [1.54, 1.807) is 18.2 Å². The van der Waals surface area contributed by atoms with Crippen LogP contribution in [0.4, 0.5) is 0 Å². The Kier molecular flexibility index (Phi) is 5.62. The first-order valence-corrected chi connectivity index (χ1v) is 10.3. The Balaban J connectivity index is 1.43. The molecule has 2 aliphatic rings. The molecule has 1 atom stereocenters. The quantitative estimate of drug-likeness (QED) is 0.697. The fourth-order valence-electron chi connectivity index (χ4n) is 4.27. The monoisotopic (exact) mass is 396 g/mol. The van der Waals surface area contributed by atoms with Gasteiger partial charge in [-0.05, 0) is 55.2 Å². The molecule has 6 heteroatoms. The number of amides is 1. The van der Waals surface area contributed by atoms with Crippen molar-refractivity contribution >= 4 is 5.91 Å². The van der Waals surface area contributed by atoms with Gasteiger partial charge in [-0.1, -0.05) is 31.0 Å². The number of carbonyl (C=O) groups is 1. The van der Waals surface area contributed by atoms with E-state index in [0.717, 1.165) is 48.3 Å². The van der Waals surface area contributed by atoms with Crippen LogP contribution in [-0.4, -0.2) is 30.8 Å². The predicted molar refractivity (Wildman–Crippen MR) is 110 cm³/mol. The maximum atomic E-state index is 12.8. The highest BCUT2D eigenvalue weighted by Crippen LogP contribution is 2.42. The summed E-state index contributed by atoms with van der Waals surface area (Å²) >= 11 is 0. The van der Waals surface area contributed by atoms with E-state index >= 15 is 0 Å². The molecule has 154 valence electrons. The SMILES string of the molecule is CC(NCC(=O)NC1(c2ccc3c(c2)OCCO3)CCCC1)c1cccc(O)c1. The highest BCUT2D eigenvalue weighted by molar-refractivity contribution is 5.79. The first kappa shape index (κ1) is 19.6. The second-order valence-electron chi connectivity index (χ2n) is 7.89. The van der Waals surface area contributed by atoms with Crippen molar-refractivity contribution < 1.29 is 19.4 Å². The van der Waals surface area contributed by atoms with E-state index in [1.807, 2.05) is 31.2 Å². The summed E-state index contributed by atoms with van der Waals surface area (Å²) in [5.41, 5.74) is 1.66. The van der Waals surface area contributed by atoms with Crippen LogP contribution in [-0.2, 0) is 10.3 Å². The maximum Gasteiger partial charge on any atom is 0.234 e. The predicted octanol–water partition coefficient (Wildman–Crippen LogP) is 3.40. The Morgan fingerprint density at radius 2 is 1.86 bits per heavy atom. The highest BCUT2D eigenvalue weighted by atomic mass is 16.6. The molecule has 0 aromatic heterocycles. The zero-order valence-electron chi connectivity index (χ0n) is 16.7. The average molecular weight is 396 g/mol. The second-order valence-corrected chi connectivity index (χ2v) is 7.89. The minimum absolute atomic E-state index is 0.0335. The van der Waals surface area contributed by atoms with Crippen molar-refractivity contribution in [3.8, 4) is 17.2 Å². The van der Waals surface area contributed by atoms with Gasteiger partial charge >= 0.3 is 0 Å². The lowest BCUT2D eigenvalue weighted by Gasteiger charge is -2.32. The normalized spacial score (nSPS) is 18.2. The number of aromatic hydroxyl groups is 1. The summed E-state index contributed by atoms with van der Waals surface area (Å²) < 4.78 is 11.4. The first-order valence-electron chi connectivity index (χ1n) is 10.3. The third kappa shape index (κ3) is 4.32. The van der Waals surface area contributed by atoms with Crippen LogP contribution in [0.3, 0.4) is 0 Å². The van der Waals surface area contributed by atoms with Gasteiger partial charge in [-0.15, -0.1) is 0 Å². The average Bonchev–Trinajstić information content (AvgIpc) is 3.21. The third-order valence-corrected chi connectivity index (χ3v) is 5.87. The Labute approximate surface area is 171 Å². The van der Waals surface area contributed by atoms with Gasteiger partial charge in [0.15, 0.2) is 11.5 Å². The first-order chi connectivity index (χ1) is 14.1. The summed E-state index contributed by atoms with van der Waals surface area (Å²) in [5.74, 6) is 1.71. The van der Waals surface area contributed by atoms with Gasteiger partial charge in [-0.25, -0.2) is 0 Å². The van der Waals surface area contributed by atoms with E-state index in [0.29, 0.717) is 13.2 Å². The molecule has 1 saturated carbocycles. The number of fused-ring (bicyclic) bond motifs is 1. The van der Waals surface area contributed by atoms with Crippen molar-refractivity contribution in [1.82, 2.24) is 10.6 Å². The fourth-order valence-corrected chi connectivity index (χ4v) is 4.27. The summed E-state index contributed by atoms with van der Waals surface area (Å²) in [6.45, 7) is 3.31. The molecule has 0 saturated heterocycles. The van der Waals surface area contributed by atoms with E-state index in [9.17, 15) is 9.90 Å².